The van der Waals surface area contributed by atoms with Crippen LogP contribution in [0.25, 0.3) is 0 Å². The molecule has 3 heteroatoms. The summed E-state index contributed by atoms with van der Waals surface area (Å²) in [5.74, 6) is 0.883. The molecule has 0 aromatic rings. The zero-order valence-electron chi connectivity index (χ0n) is 12.3. The van der Waals surface area contributed by atoms with Gasteiger partial charge in [0.15, 0.2) is 0 Å². The van der Waals surface area contributed by atoms with E-state index in [9.17, 15) is 0 Å². The maximum atomic E-state index is 4.05. The summed E-state index contributed by atoms with van der Waals surface area (Å²) < 4.78 is 0. The zero-order chi connectivity index (χ0) is 13.1. The van der Waals surface area contributed by atoms with Gasteiger partial charge in [0.05, 0.1) is 0 Å². The second-order valence-electron chi connectivity index (χ2n) is 6.28. The molecular formula is C15H29N3. The van der Waals surface area contributed by atoms with Gasteiger partial charge < -0.3 is 10.2 Å². The molecule has 0 radical (unpaired) electrons. The molecule has 2 saturated heterocycles. The lowest BCUT2D eigenvalue weighted by Crippen LogP contribution is -2.55. The van der Waals surface area contributed by atoms with Crippen LogP contribution in [0.1, 0.15) is 33.6 Å². The first kappa shape index (κ1) is 13.9. The van der Waals surface area contributed by atoms with E-state index in [4.69, 9.17) is 0 Å². The largest absolute Gasteiger partial charge is 0.376 e. The zero-order valence-corrected chi connectivity index (χ0v) is 12.3. The first-order chi connectivity index (χ1) is 8.56. The smallest absolute Gasteiger partial charge is 0.0193 e. The quantitative estimate of drug-likeness (QED) is 0.827. The van der Waals surface area contributed by atoms with Crippen molar-refractivity contribution >= 4 is 0 Å². The highest BCUT2D eigenvalue weighted by Crippen LogP contribution is 2.22. The van der Waals surface area contributed by atoms with E-state index in [0.29, 0.717) is 12.1 Å². The Labute approximate surface area is 112 Å². The Balaban J connectivity index is 1.78. The molecule has 104 valence electrons. The van der Waals surface area contributed by atoms with Crippen molar-refractivity contribution in [1.29, 1.82) is 0 Å². The average Bonchev–Trinajstić information content (AvgIpc) is 2.34. The molecule has 0 bridgehead atoms. The van der Waals surface area contributed by atoms with E-state index in [2.05, 4.69) is 42.5 Å². The molecule has 18 heavy (non-hydrogen) atoms. The topological polar surface area (TPSA) is 18.5 Å². The molecule has 2 rings (SSSR count). The van der Waals surface area contributed by atoms with Crippen LogP contribution >= 0.6 is 0 Å². The molecule has 3 nitrogen and oxygen atoms in total. The molecule has 0 saturated carbocycles. The SMILES string of the molecule is C=C(C)N1CCC(CN2CC(C)NCC2C)CC1. The average molecular weight is 251 g/mol. The molecule has 1 N–H and O–H groups in total. The Morgan fingerprint density at radius 1 is 1.28 bits per heavy atom. The monoisotopic (exact) mass is 251 g/mol. The summed E-state index contributed by atoms with van der Waals surface area (Å²) in [4.78, 5) is 5.11. The van der Waals surface area contributed by atoms with Gasteiger partial charge in [-0.3, -0.25) is 4.90 Å². The van der Waals surface area contributed by atoms with Gasteiger partial charge in [0.1, 0.15) is 0 Å². The second-order valence-corrected chi connectivity index (χ2v) is 6.28. The van der Waals surface area contributed by atoms with Crippen LogP contribution in [0.15, 0.2) is 12.3 Å². The number of rotatable bonds is 3. The maximum absolute atomic E-state index is 4.05. The van der Waals surface area contributed by atoms with E-state index in [-0.39, 0.29) is 0 Å². The Bertz CT molecular complexity index is 281. The van der Waals surface area contributed by atoms with Crippen molar-refractivity contribution < 1.29 is 0 Å². The standard InChI is InChI=1S/C15H29N3/c1-12(2)17-7-5-15(6-8-17)11-18-10-13(3)16-9-14(18)4/h13-16H,1,5-11H2,2-4H3. The number of nitrogens with zero attached hydrogens (tertiary/aromatic N) is 2. The molecule has 0 aliphatic carbocycles. The van der Waals surface area contributed by atoms with Gasteiger partial charge in [0.25, 0.3) is 0 Å². The van der Waals surface area contributed by atoms with Crippen LogP contribution in [0.5, 0.6) is 0 Å². The second kappa shape index (κ2) is 6.07. The highest BCUT2D eigenvalue weighted by atomic mass is 15.2. The van der Waals surface area contributed by atoms with Crippen LogP contribution in [-0.4, -0.2) is 54.6 Å². The number of likely N-dealkylation sites (tertiary alicyclic amines) is 1. The van der Waals surface area contributed by atoms with Crippen LogP contribution in [0.3, 0.4) is 0 Å². The predicted molar refractivity (Wildman–Crippen MR) is 77.6 cm³/mol. The van der Waals surface area contributed by atoms with Crippen molar-refractivity contribution in [2.75, 3.05) is 32.7 Å². The van der Waals surface area contributed by atoms with Crippen molar-refractivity contribution in [2.45, 2.75) is 45.7 Å². The molecule has 2 aliphatic rings. The molecular weight excluding hydrogens is 222 g/mol. The fourth-order valence-electron chi connectivity index (χ4n) is 3.18. The van der Waals surface area contributed by atoms with Gasteiger partial charge in [-0.15, -0.1) is 0 Å². The maximum Gasteiger partial charge on any atom is 0.0193 e. The van der Waals surface area contributed by atoms with Gasteiger partial charge in [-0.05, 0) is 39.5 Å². The summed E-state index contributed by atoms with van der Waals surface area (Å²) in [7, 11) is 0. The van der Waals surface area contributed by atoms with Gasteiger partial charge in [-0.2, -0.15) is 0 Å². The summed E-state index contributed by atoms with van der Waals surface area (Å²) in [6.45, 7) is 16.9. The van der Waals surface area contributed by atoms with Crippen LogP contribution in [-0.2, 0) is 0 Å². The molecule has 0 spiro atoms. The van der Waals surface area contributed by atoms with Crippen LogP contribution < -0.4 is 5.32 Å². The number of hydrogen-bond donors (Lipinski definition) is 1. The third kappa shape index (κ3) is 3.48. The van der Waals surface area contributed by atoms with Gasteiger partial charge in [-0.1, -0.05) is 6.58 Å². The van der Waals surface area contributed by atoms with E-state index in [1.54, 1.807) is 0 Å². The molecule has 2 heterocycles. The van der Waals surface area contributed by atoms with E-state index >= 15 is 0 Å². The lowest BCUT2D eigenvalue weighted by atomic mass is 9.94. The first-order valence-corrected chi connectivity index (χ1v) is 7.44. The van der Waals surface area contributed by atoms with Crippen molar-refractivity contribution in [3.63, 3.8) is 0 Å². The van der Waals surface area contributed by atoms with Crippen molar-refractivity contribution in [2.24, 2.45) is 5.92 Å². The van der Waals surface area contributed by atoms with Crippen molar-refractivity contribution in [3.05, 3.63) is 12.3 Å². The van der Waals surface area contributed by atoms with E-state index in [0.717, 1.165) is 12.5 Å². The minimum Gasteiger partial charge on any atom is -0.376 e. The summed E-state index contributed by atoms with van der Waals surface area (Å²) in [6, 6.07) is 1.34. The molecule has 2 unspecified atom stereocenters. The fraction of sp³-hybridized carbons (Fsp3) is 0.867. The molecule has 0 amide bonds. The van der Waals surface area contributed by atoms with Gasteiger partial charge in [0.2, 0.25) is 0 Å². The number of allylic oxidation sites excluding steroid dienone is 1. The van der Waals surface area contributed by atoms with Crippen molar-refractivity contribution in [1.82, 2.24) is 15.1 Å². The van der Waals surface area contributed by atoms with Crippen LogP contribution in [0.2, 0.25) is 0 Å². The summed E-state index contributed by atoms with van der Waals surface area (Å²) >= 11 is 0. The third-order valence-corrected chi connectivity index (χ3v) is 4.54. The third-order valence-electron chi connectivity index (χ3n) is 4.54. The van der Waals surface area contributed by atoms with Crippen LogP contribution in [0, 0.1) is 5.92 Å². The molecule has 2 atom stereocenters. The number of hydrogen-bond acceptors (Lipinski definition) is 3. The number of nitrogens with one attached hydrogen (secondary N) is 1. The van der Waals surface area contributed by atoms with Gasteiger partial charge >= 0.3 is 0 Å². The van der Waals surface area contributed by atoms with E-state index in [1.807, 2.05) is 0 Å². The molecule has 2 aliphatic heterocycles. The highest BCUT2D eigenvalue weighted by Gasteiger charge is 2.26. The fourth-order valence-corrected chi connectivity index (χ4v) is 3.18. The number of piperazine rings is 1. The summed E-state index contributed by atoms with van der Waals surface area (Å²) in [5.41, 5.74) is 1.23. The first-order valence-electron chi connectivity index (χ1n) is 7.44. The van der Waals surface area contributed by atoms with Crippen LogP contribution in [0.4, 0.5) is 0 Å². The summed E-state index contributed by atoms with van der Waals surface area (Å²) in [5, 5.41) is 3.56. The Hall–Kier alpha value is -0.540. The van der Waals surface area contributed by atoms with Gasteiger partial charge in [0, 0.05) is 50.5 Å². The van der Waals surface area contributed by atoms with E-state index < -0.39 is 0 Å². The van der Waals surface area contributed by atoms with E-state index in [1.165, 1.54) is 44.7 Å². The predicted octanol–water partition coefficient (Wildman–Crippen LogP) is 1.91. The molecule has 2 fully saturated rings. The van der Waals surface area contributed by atoms with Crippen molar-refractivity contribution in [3.8, 4) is 0 Å². The summed E-state index contributed by atoms with van der Waals surface area (Å²) in [6.07, 6.45) is 2.66. The highest BCUT2D eigenvalue weighted by molar-refractivity contribution is 4.92. The molecule has 0 aromatic carbocycles. The Kier molecular flexibility index (Phi) is 4.68. The Morgan fingerprint density at radius 3 is 2.56 bits per heavy atom. The Morgan fingerprint density at radius 2 is 1.94 bits per heavy atom. The normalized spacial score (nSPS) is 31.6. The lowest BCUT2D eigenvalue weighted by Gasteiger charge is -2.41. The van der Waals surface area contributed by atoms with Gasteiger partial charge in [-0.25, -0.2) is 0 Å². The molecule has 0 aromatic heterocycles. The number of piperidine rings is 1. The minimum atomic E-state index is 0.650. The minimum absolute atomic E-state index is 0.650. The lowest BCUT2D eigenvalue weighted by molar-refractivity contribution is 0.102.